The molecule has 3 aromatic carbocycles. The number of rotatable bonds is 14. The molecule has 0 bridgehead atoms. The van der Waals surface area contributed by atoms with Crippen molar-refractivity contribution in [2.45, 2.75) is 58.3 Å². The Morgan fingerprint density at radius 3 is 2.04 bits per heavy atom. The van der Waals surface area contributed by atoms with Crippen LogP contribution in [0, 0.1) is 0 Å². The first-order valence-corrected chi connectivity index (χ1v) is 15.0. The third kappa shape index (κ3) is 12.1. The molecule has 5 N–H and O–H groups in total. The Hall–Kier alpha value is -4.61. The van der Waals surface area contributed by atoms with Gasteiger partial charge in [0.25, 0.3) is 5.91 Å². The molecule has 0 unspecified atom stereocenters. The number of urea groups is 1. The average Bonchev–Trinajstić information content (AvgIpc) is 3.01. The van der Waals surface area contributed by atoms with Gasteiger partial charge < -0.3 is 35.6 Å². The lowest BCUT2D eigenvalue weighted by molar-refractivity contribution is -0.00891. The predicted molar refractivity (Wildman–Crippen MR) is 174 cm³/mol. The maximum absolute atomic E-state index is 13.1. The zero-order valence-corrected chi connectivity index (χ0v) is 26.3. The van der Waals surface area contributed by atoms with E-state index >= 15 is 0 Å². The highest BCUT2D eigenvalue weighted by Gasteiger charge is 2.30. The molecule has 11 heteroatoms. The quantitative estimate of drug-likeness (QED) is 0.169. The number of aliphatic hydroxyl groups excluding tert-OH is 2. The van der Waals surface area contributed by atoms with Gasteiger partial charge in [-0.25, -0.2) is 9.59 Å². The Morgan fingerprint density at radius 2 is 1.49 bits per heavy atom. The number of para-hydroxylation sites is 1. The molecule has 0 aliphatic heterocycles. The van der Waals surface area contributed by atoms with Crippen LogP contribution in [0.3, 0.4) is 0 Å². The smallest absolute Gasteiger partial charge is 0.410 e. The monoisotopic (exact) mass is 620 g/mol. The molecule has 0 aromatic heterocycles. The fourth-order valence-corrected chi connectivity index (χ4v) is 4.29. The Kier molecular flexibility index (Phi) is 13.2. The molecule has 0 spiro atoms. The number of hydrogen-bond donors (Lipinski definition) is 5. The molecule has 0 heterocycles. The molecule has 0 aliphatic carbocycles. The highest BCUT2D eigenvalue weighted by molar-refractivity contribution is 6.00. The Morgan fingerprint density at radius 1 is 0.889 bits per heavy atom. The standard InChI is InChI=1S/C34H44N4O7/c1-5-19-35-31(41)25-13-17-27(18-14-25)37-32(42)36-26-15-11-24(12-16-26)20-28(22-39)38(33(43)45-34(2,3)4)21-29(40)23-44-30-9-7-6-8-10-30/h6-18,28-29,39-40H,5,19-23H2,1-4H3,(H,35,41)(H2,36,37,42)/t28-,29-/m0/s1. The van der Waals surface area contributed by atoms with Crippen LogP contribution in [0.4, 0.5) is 21.0 Å². The first-order valence-electron chi connectivity index (χ1n) is 15.0. The minimum absolute atomic E-state index is 0.0532. The summed E-state index contributed by atoms with van der Waals surface area (Å²) in [6.07, 6.45) is -0.586. The normalized spacial score (nSPS) is 12.4. The maximum Gasteiger partial charge on any atom is 0.410 e. The average molecular weight is 621 g/mol. The molecule has 4 amide bonds. The molecule has 45 heavy (non-hydrogen) atoms. The minimum Gasteiger partial charge on any atom is -0.491 e. The summed E-state index contributed by atoms with van der Waals surface area (Å²) in [5, 5.41) is 29.3. The Balaban J connectivity index is 1.60. The van der Waals surface area contributed by atoms with Crippen molar-refractivity contribution in [2.24, 2.45) is 0 Å². The van der Waals surface area contributed by atoms with Gasteiger partial charge in [-0.15, -0.1) is 0 Å². The summed E-state index contributed by atoms with van der Waals surface area (Å²) in [6, 6.07) is 21.5. The van der Waals surface area contributed by atoms with E-state index in [-0.39, 0.29) is 32.1 Å². The van der Waals surface area contributed by atoms with Crippen molar-refractivity contribution in [3.8, 4) is 5.75 Å². The fourth-order valence-electron chi connectivity index (χ4n) is 4.29. The number of amides is 4. The van der Waals surface area contributed by atoms with Gasteiger partial charge in [0.1, 0.15) is 24.1 Å². The van der Waals surface area contributed by atoms with E-state index < -0.39 is 29.9 Å². The van der Waals surface area contributed by atoms with Gasteiger partial charge in [0.2, 0.25) is 0 Å². The van der Waals surface area contributed by atoms with Crippen molar-refractivity contribution in [3.05, 3.63) is 90.0 Å². The number of carbonyl (C=O) groups excluding carboxylic acids is 3. The van der Waals surface area contributed by atoms with E-state index in [1.807, 2.05) is 25.1 Å². The molecule has 0 fully saturated rings. The molecular formula is C34H44N4O7. The number of anilines is 2. The lowest BCUT2D eigenvalue weighted by Gasteiger charge is -2.34. The van der Waals surface area contributed by atoms with Crippen LogP contribution in [-0.2, 0) is 11.2 Å². The van der Waals surface area contributed by atoms with Crippen molar-refractivity contribution in [3.63, 3.8) is 0 Å². The van der Waals surface area contributed by atoms with Crippen molar-refractivity contribution >= 4 is 29.4 Å². The Labute approximate surface area is 264 Å². The molecule has 0 saturated carbocycles. The second kappa shape index (κ2) is 17.0. The van der Waals surface area contributed by atoms with Gasteiger partial charge in [0.15, 0.2) is 0 Å². The number of benzene rings is 3. The summed E-state index contributed by atoms with van der Waals surface area (Å²) in [4.78, 5) is 39.1. The lowest BCUT2D eigenvalue weighted by atomic mass is 10.0. The van der Waals surface area contributed by atoms with Gasteiger partial charge in [-0.2, -0.15) is 0 Å². The van der Waals surface area contributed by atoms with E-state index in [9.17, 15) is 24.6 Å². The van der Waals surface area contributed by atoms with Crippen LogP contribution in [0.5, 0.6) is 5.75 Å². The summed E-state index contributed by atoms with van der Waals surface area (Å²) in [7, 11) is 0. The predicted octanol–water partition coefficient (Wildman–Crippen LogP) is 5.05. The van der Waals surface area contributed by atoms with Crippen LogP contribution in [0.1, 0.15) is 50.0 Å². The van der Waals surface area contributed by atoms with Gasteiger partial charge in [-0.1, -0.05) is 37.3 Å². The second-order valence-corrected chi connectivity index (χ2v) is 11.6. The number of carbonyl (C=O) groups is 3. The zero-order chi connectivity index (χ0) is 32.8. The summed E-state index contributed by atoms with van der Waals surface area (Å²) in [5.74, 6) is 0.421. The lowest BCUT2D eigenvalue weighted by Crippen LogP contribution is -2.50. The molecule has 3 rings (SSSR count). The minimum atomic E-state index is -1.04. The van der Waals surface area contributed by atoms with Crippen LogP contribution in [-0.4, -0.2) is 77.2 Å². The largest absolute Gasteiger partial charge is 0.491 e. The van der Waals surface area contributed by atoms with Crippen LogP contribution in [0.2, 0.25) is 0 Å². The van der Waals surface area contributed by atoms with E-state index in [2.05, 4.69) is 16.0 Å². The summed E-state index contributed by atoms with van der Waals surface area (Å²) < 4.78 is 11.2. The van der Waals surface area contributed by atoms with Gasteiger partial charge in [0.05, 0.1) is 19.2 Å². The number of ether oxygens (including phenoxy) is 2. The number of nitrogens with zero attached hydrogens (tertiary/aromatic N) is 1. The van der Waals surface area contributed by atoms with Crippen LogP contribution >= 0.6 is 0 Å². The third-order valence-electron chi connectivity index (χ3n) is 6.50. The van der Waals surface area contributed by atoms with Gasteiger partial charge in [-0.3, -0.25) is 9.69 Å². The second-order valence-electron chi connectivity index (χ2n) is 11.6. The number of nitrogens with one attached hydrogen (secondary N) is 3. The van der Waals surface area contributed by atoms with Crippen molar-refractivity contribution in [2.75, 3.05) is 36.9 Å². The molecule has 11 nitrogen and oxygen atoms in total. The summed E-state index contributed by atoms with van der Waals surface area (Å²) >= 11 is 0. The third-order valence-corrected chi connectivity index (χ3v) is 6.50. The molecule has 2 atom stereocenters. The molecule has 3 aromatic rings. The van der Waals surface area contributed by atoms with E-state index in [1.54, 1.807) is 81.4 Å². The molecule has 0 saturated heterocycles. The summed E-state index contributed by atoms with van der Waals surface area (Å²) in [5.41, 5.74) is 1.58. The van der Waals surface area contributed by atoms with Gasteiger partial charge in [-0.05, 0) is 87.7 Å². The van der Waals surface area contributed by atoms with Crippen molar-refractivity contribution in [1.29, 1.82) is 0 Å². The van der Waals surface area contributed by atoms with Crippen molar-refractivity contribution in [1.82, 2.24) is 10.2 Å². The first kappa shape index (κ1) is 34.9. The summed E-state index contributed by atoms with van der Waals surface area (Å²) in [6.45, 7) is 7.27. The molecule has 242 valence electrons. The Bertz CT molecular complexity index is 1360. The van der Waals surface area contributed by atoms with E-state index in [4.69, 9.17) is 9.47 Å². The van der Waals surface area contributed by atoms with E-state index in [0.29, 0.717) is 29.2 Å². The van der Waals surface area contributed by atoms with Crippen LogP contribution < -0.4 is 20.7 Å². The highest BCUT2D eigenvalue weighted by atomic mass is 16.6. The van der Waals surface area contributed by atoms with Gasteiger partial charge >= 0.3 is 12.1 Å². The van der Waals surface area contributed by atoms with Crippen LogP contribution in [0.15, 0.2) is 78.9 Å². The number of aliphatic hydroxyl groups is 2. The first-order chi connectivity index (χ1) is 21.5. The van der Waals surface area contributed by atoms with E-state index in [1.165, 1.54) is 4.90 Å². The molecule has 0 radical (unpaired) electrons. The maximum atomic E-state index is 13.1. The topological polar surface area (TPSA) is 149 Å². The fraction of sp³-hybridized carbons (Fsp3) is 0.382. The van der Waals surface area contributed by atoms with E-state index in [0.717, 1.165) is 12.0 Å². The number of hydrogen-bond acceptors (Lipinski definition) is 7. The molecular weight excluding hydrogens is 576 g/mol. The highest BCUT2D eigenvalue weighted by Crippen LogP contribution is 2.19. The van der Waals surface area contributed by atoms with Crippen molar-refractivity contribution < 1.29 is 34.1 Å². The van der Waals surface area contributed by atoms with Gasteiger partial charge in [0, 0.05) is 23.5 Å². The SMILES string of the molecule is CCCNC(=O)c1ccc(NC(=O)Nc2ccc(C[C@@H](CO)N(C[C@H](O)COc3ccccc3)C(=O)OC(C)(C)C)cc2)cc1. The molecule has 0 aliphatic rings. The van der Waals surface area contributed by atoms with Crippen LogP contribution in [0.25, 0.3) is 0 Å². The zero-order valence-electron chi connectivity index (χ0n) is 26.3.